The van der Waals surface area contributed by atoms with Crippen LogP contribution in [-0.4, -0.2) is 27.6 Å². The number of aromatic nitrogens is 2. The topological polar surface area (TPSA) is 87.1 Å². The summed E-state index contributed by atoms with van der Waals surface area (Å²) in [4.78, 5) is 20.3. The van der Waals surface area contributed by atoms with Crippen LogP contribution in [0.4, 0.5) is 11.4 Å². The highest BCUT2D eigenvalue weighted by atomic mass is 16.3. The number of fused-ring (bicyclic) bond motifs is 1. The normalized spacial score (nSPS) is 13.8. The van der Waals surface area contributed by atoms with E-state index < -0.39 is 0 Å². The van der Waals surface area contributed by atoms with Crippen molar-refractivity contribution in [3.8, 4) is 11.3 Å². The third-order valence-corrected chi connectivity index (χ3v) is 4.34. The Kier molecular flexibility index (Phi) is 4.33. The van der Waals surface area contributed by atoms with Gasteiger partial charge in [0.2, 0.25) is 5.91 Å². The van der Waals surface area contributed by atoms with E-state index in [9.17, 15) is 9.90 Å². The third-order valence-electron chi connectivity index (χ3n) is 4.34. The number of hydrogen-bond acceptors (Lipinski definition) is 5. The zero-order valence-electron chi connectivity index (χ0n) is 14.0. The predicted octanol–water partition coefficient (Wildman–Crippen LogP) is 2.78. The van der Waals surface area contributed by atoms with Crippen LogP contribution in [0.2, 0.25) is 0 Å². The maximum atomic E-state index is 11.5. The fraction of sp³-hybridized carbons (Fsp3) is 0.150. The van der Waals surface area contributed by atoms with E-state index in [1.165, 1.54) is 0 Å². The average Bonchev–Trinajstić information content (AvgIpc) is 3.06. The van der Waals surface area contributed by atoms with Crippen LogP contribution in [0.5, 0.6) is 0 Å². The van der Waals surface area contributed by atoms with E-state index >= 15 is 0 Å². The fourth-order valence-electron chi connectivity index (χ4n) is 3.04. The van der Waals surface area contributed by atoms with Gasteiger partial charge in [0.15, 0.2) is 0 Å². The molecule has 0 saturated carbocycles. The molecule has 6 nitrogen and oxygen atoms in total. The highest BCUT2D eigenvalue weighted by Crippen LogP contribution is 2.27. The Morgan fingerprint density at radius 2 is 2.00 bits per heavy atom. The second-order valence-electron chi connectivity index (χ2n) is 6.17. The second kappa shape index (κ2) is 6.93. The minimum atomic E-state index is -0.219. The lowest BCUT2D eigenvalue weighted by molar-refractivity contribution is -0.115. The largest absolute Gasteiger partial charge is 0.394 e. The van der Waals surface area contributed by atoms with Gasteiger partial charge in [-0.2, -0.15) is 0 Å². The van der Waals surface area contributed by atoms with Gasteiger partial charge in [-0.1, -0.05) is 30.3 Å². The Hall–Kier alpha value is -3.25. The number of aliphatic hydroxyl groups excluding tert-OH is 1. The molecule has 1 atom stereocenters. The summed E-state index contributed by atoms with van der Waals surface area (Å²) in [7, 11) is 0. The quantitative estimate of drug-likeness (QED) is 0.661. The Morgan fingerprint density at radius 3 is 2.81 bits per heavy atom. The number of anilines is 2. The van der Waals surface area contributed by atoms with Crippen molar-refractivity contribution in [2.45, 2.75) is 12.5 Å². The number of carbonyl (C=O) groups is 1. The molecule has 0 bridgehead atoms. The van der Waals surface area contributed by atoms with E-state index in [1.807, 2.05) is 48.5 Å². The van der Waals surface area contributed by atoms with Crippen molar-refractivity contribution in [1.82, 2.24) is 9.97 Å². The Balaban J connectivity index is 1.59. The van der Waals surface area contributed by atoms with Crippen LogP contribution in [0.15, 0.2) is 60.9 Å². The standard InChI is InChI=1S/C20H18N4O2/c25-12-19(13-4-2-1-3-5-13)22-15-8-14(10-21-11-15)16-6-7-17-18(23-16)9-20(26)24-17/h1-8,10-11,19,22,25H,9,12H2,(H,24,26)/t19-/m0/s1. The summed E-state index contributed by atoms with van der Waals surface area (Å²) in [5.41, 5.74) is 4.93. The lowest BCUT2D eigenvalue weighted by Crippen LogP contribution is -2.14. The molecule has 0 aliphatic carbocycles. The van der Waals surface area contributed by atoms with E-state index in [4.69, 9.17) is 0 Å². The zero-order chi connectivity index (χ0) is 17.9. The summed E-state index contributed by atoms with van der Waals surface area (Å²) in [6.45, 7) is -0.0287. The number of pyridine rings is 2. The molecular weight excluding hydrogens is 328 g/mol. The Labute approximate surface area is 150 Å². The van der Waals surface area contributed by atoms with Crippen LogP contribution in [0.25, 0.3) is 11.3 Å². The Bertz CT molecular complexity index is 944. The van der Waals surface area contributed by atoms with Gasteiger partial charge in [0.1, 0.15) is 0 Å². The van der Waals surface area contributed by atoms with Crippen molar-refractivity contribution in [2.75, 3.05) is 17.2 Å². The summed E-state index contributed by atoms with van der Waals surface area (Å²) in [5, 5.41) is 15.8. The van der Waals surface area contributed by atoms with Gasteiger partial charge in [-0.05, 0) is 23.8 Å². The van der Waals surface area contributed by atoms with E-state index in [2.05, 4.69) is 20.6 Å². The first-order valence-electron chi connectivity index (χ1n) is 8.40. The van der Waals surface area contributed by atoms with Crippen molar-refractivity contribution in [1.29, 1.82) is 0 Å². The minimum Gasteiger partial charge on any atom is -0.394 e. The summed E-state index contributed by atoms with van der Waals surface area (Å²) in [6, 6.07) is 15.2. The molecule has 1 aliphatic rings. The van der Waals surface area contributed by atoms with Gasteiger partial charge in [0, 0.05) is 18.0 Å². The molecule has 1 amide bonds. The highest BCUT2D eigenvalue weighted by molar-refractivity contribution is 5.98. The van der Waals surface area contributed by atoms with Crippen molar-refractivity contribution in [3.05, 3.63) is 72.2 Å². The molecule has 0 saturated heterocycles. The number of carbonyl (C=O) groups excluding carboxylic acids is 1. The minimum absolute atomic E-state index is 0.0287. The molecular formula is C20H18N4O2. The Morgan fingerprint density at radius 1 is 1.15 bits per heavy atom. The SMILES string of the molecule is O=C1Cc2nc(-c3cncc(N[C@@H](CO)c4ccccc4)c3)ccc2N1. The van der Waals surface area contributed by atoms with Gasteiger partial charge >= 0.3 is 0 Å². The van der Waals surface area contributed by atoms with E-state index in [0.29, 0.717) is 6.42 Å². The number of rotatable bonds is 5. The van der Waals surface area contributed by atoms with Crippen molar-refractivity contribution in [2.24, 2.45) is 0 Å². The van der Waals surface area contributed by atoms with Crippen LogP contribution in [0, 0.1) is 0 Å². The van der Waals surface area contributed by atoms with Gasteiger partial charge < -0.3 is 15.7 Å². The molecule has 0 fully saturated rings. The van der Waals surface area contributed by atoms with Gasteiger partial charge in [-0.15, -0.1) is 0 Å². The molecule has 0 radical (unpaired) electrons. The smallest absolute Gasteiger partial charge is 0.230 e. The van der Waals surface area contributed by atoms with Crippen LogP contribution in [0.3, 0.4) is 0 Å². The summed E-state index contributed by atoms with van der Waals surface area (Å²) < 4.78 is 0. The third kappa shape index (κ3) is 3.27. The predicted molar refractivity (Wildman–Crippen MR) is 99.7 cm³/mol. The molecule has 6 heteroatoms. The van der Waals surface area contributed by atoms with Crippen LogP contribution < -0.4 is 10.6 Å². The molecule has 4 rings (SSSR count). The van der Waals surface area contributed by atoms with Crippen LogP contribution in [-0.2, 0) is 11.2 Å². The molecule has 0 spiro atoms. The van der Waals surface area contributed by atoms with Gasteiger partial charge in [0.05, 0.1) is 41.8 Å². The number of nitrogens with one attached hydrogen (secondary N) is 2. The van der Waals surface area contributed by atoms with Gasteiger partial charge in [-0.3, -0.25) is 14.8 Å². The van der Waals surface area contributed by atoms with Crippen molar-refractivity contribution < 1.29 is 9.90 Å². The first-order valence-corrected chi connectivity index (χ1v) is 8.40. The molecule has 130 valence electrons. The van der Waals surface area contributed by atoms with E-state index in [-0.39, 0.29) is 18.6 Å². The molecule has 3 aromatic rings. The maximum Gasteiger partial charge on any atom is 0.230 e. The monoisotopic (exact) mass is 346 g/mol. The number of hydrogen-bond donors (Lipinski definition) is 3. The summed E-state index contributed by atoms with van der Waals surface area (Å²) in [5.74, 6) is -0.0353. The molecule has 3 heterocycles. The van der Waals surface area contributed by atoms with Gasteiger partial charge in [0.25, 0.3) is 0 Å². The van der Waals surface area contributed by atoms with E-state index in [1.54, 1.807) is 12.4 Å². The first-order chi connectivity index (χ1) is 12.7. The maximum absolute atomic E-state index is 11.5. The molecule has 0 unspecified atom stereocenters. The molecule has 2 aromatic heterocycles. The lowest BCUT2D eigenvalue weighted by atomic mass is 10.1. The second-order valence-corrected chi connectivity index (χ2v) is 6.17. The zero-order valence-corrected chi connectivity index (χ0v) is 14.0. The lowest BCUT2D eigenvalue weighted by Gasteiger charge is -2.18. The number of nitrogens with zero attached hydrogens (tertiary/aromatic N) is 2. The van der Waals surface area contributed by atoms with Crippen molar-refractivity contribution >= 4 is 17.3 Å². The summed E-state index contributed by atoms with van der Waals surface area (Å²) in [6.07, 6.45) is 3.75. The number of amides is 1. The molecule has 1 aromatic carbocycles. The van der Waals surface area contributed by atoms with E-state index in [0.717, 1.165) is 33.9 Å². The summed E-state index contributed by atoms with van der Waals surface area (Å²) >= 11 is 0. The van der Waals surface area contributed by atoms with Crippen molar-refractivity contribution in [3.63, 3.8) is 0 Å². The molecule has 26 heavy (non-hydrogen) atoms. The fourth-order valence-corrected chi connectivity index (χ4v) is 3.04. The highest BCUT2D eigenvalue weighted by Gasteiger charge is 2.19. The molecule has 1 aliphatic heterocycles. The van der Waals surface area contributed by atoms with Gasteiger partial charge in [-0.25, -0.2) is 0 Å². The first kappa shape index (κ1) is 16.2. The van der Waals surface area contributed by atoms with Crippen LogP contribution in [0.1, 0.15) is 17.3 Å². The van der Waals surface area contributed by atoms with Crippen LogP contribution >= 0.6 is 0 Å². The molecule has 3 N–H and O–H groups in total. The average molecular weight is 346 g/mol. The number of aliphatic hydroxyl groups is 1. The number of benzene rings is 1.